The van der Waals surface area contributed by atoms with E-state index in [0.717, 1.165) is 24.1 Å². The van der Waals surface area contributed by atoms with Crippen molar-refractivity contribution in [3.63, 3.8) is 0 Å². The number of aliphatic hydroxyl groups is 1. The van der Waals surface area contributed by atoms with Crippen LogP contribution in [0.25, 0.3) is 0 Å². The molecule has 2 rings (SSSR count). The lowest BCUT2D eigenvalue weighted by molar-refractivity contribution is -0.116. The number of rotatable bonds is 5. The number of anilines is 1. The summed E-state index contributed by atoms with van der Waals surface area (Å²) in [7, 11) is 0. The molecule has 1 heterocycles. The fourth-order valence-corrected chi connectivity index (χ4v) is 2.97. The van der Waals surface area contributed by atoms with E-state index >= 15 is 0 Å². The summed E-state index contributed by atoms with van der Waals surface area (Å²) in [6.45, 7) is 6.59. The van der Waals surface area contributed by atoms with Crippen molar-refractivity contribution < 1.29 is 14.7 Å². The molecule has 2 N–H and O–H groups in total. The molecule has 0 aromatic heterocycles. The summed E-state index contributed by atoms with van der Waals surface area (Å²) in [5.74, 6) is 0.244. The highest BCUT2D eigenvalue weighted by molar-refractivity contribution is 5.97. The molecule has 1 aliphatic rings. The van der Waals surface area contributed by atoms with Gasteiger partial charge in [-0.05, 0) is 49.4 Å². The second-order valence-corrected chi connectivity index (χ2v) is 6.65. The van der Waals surface area contributed by atoms with Crippen LogP contribution in [0.3, 0.4) is 0 Å². The zero-order chi connectivity index (χ0) is 17.0. The average Bonchev–Trinajstić information content (AvgIpc) is 2.96. The van der Waals surface area contributed by atoms with Gasteiger partial charge < -0.3 is 15.3 Å². The number of benzene rings is 1. The highest BCUT2D eigenvalue weighted by atomic mass is 16.3. The Morgan fingerprint density at radius 1 is 1.39 bits per heavy atom. The molecule has 23 heavy (non-hydrogen) atoms. The van der Waals surface area contributed by atoms with Crippen molar-refractivity contribution in [2.75, 3.05) is 18.5 Å². The molecule has 2 amide bonds. The number of hydrogen-bond donors (Lipinski definition) is 2. The maximum atomic E-state index is 12.6. The Labute approximate surface area is 137 Å². The van der Waals surface area contributed by atoms with E-state index in [9.17, 15) is 14.7 Å². The lowest BCUT2D eigenvalue weighted by Gasteiger charge is -2.23. The van der Waals surface area contributed by atoms with Crippen LogP contribution in [0.4, 0.5) is 5.69 Å². The number of amides is 2. The first kappa shape index (κ1) is 17.5. The van der Waals surface area contributed by atoms with Crippen LogP contribution in [0.1, 0.15) is 49.0 Å². The minimum Gasteiger partial charge on any atom is -0.394 e. The Morgan fingerprint density at radius 3 is 2.74 bits per heavy atom. The maximum Gasteiger partial charge on any atom is 0.254 e. The summed E-state index contributed by atoms with van der Waals surface area (Å²) in [6, 6.07) is 5.26. The minimum atomic E-state index is -0.0757. The third-order valence-corrected chi connectivity index (χ3v) is 4.19. The quantitative estimate of drug-likeness (QED) is 0.876. The fraction of sp³-hybridized carbons (Fsp3) is 0.556. The van der Waals surface area contributed by atoms with Crippen molar-refractivity contribution in [2.24, 2.45) is 5.92 Å². The second kappa shape index (κ2) is 7.59. The highest BCUT2D eigenvalue weighted by Crippen LogP contribution is 2.23. The number of nitrogens with zero attached hydrogens (tertiary/aromatic N) is 1. The van der Waals surface area contributed by atoms with Gasteiger partial charge in [0.05, 0.1) is 12.6 Å². The molecule has 1 aliphatic heterocycles. The molecule has 1 saturated heterocycles. The SMILES string of the molecule is Cc1cc(C(=O)N2CCC[C@@H]2CO)ccc1NC(=O)CC(C)C. The highest BCUT2D eigenvalue weighted by Gasteiger charge is 2.28. The molecule has 0 aliphatic carbocycles. The first-order valence-corrected chi connectivity index (χ1v) is 8.24. The molecule has 1 atom stereocenters. The van der Waals surface area contributed by atoms with Crippen molar-refractivity contribution in [3.05, 3.63) is 29.3 Å². The Hall–Kier alpha value is -1.88. The van der Waals surface area contributed by atoms with Gasteiger partial charge in [0.25, 0.3) is 5.91 Å². The molecule has 0 spiro atoms. The minimum absolute atomic E-state index is 0.00800. The van der Waals surface area contributed by atoms with Crippen LogP contribution in [0.5, 0.6) is 0 Å². The standard InChI is InChI=1S/C18H26N2O3/c1-12(2)9-17(22)19-16-7-6-14(10-13(16)3)18(23)20-8-4-5-15(20)11-21/h6-7,10,12,15,21H,4-5,8-9,11H2,1-3H3,(H,19,22)/t15-/m1/s1. The van der Waals surface area contributed by atoms with Gasteiger partial charge >= 0.3 is 0 Å². The molecule has 126 valence electrons. The van der Waals surface area contributed by atoms with Gasteiger partial charge in [-0.3, -0.25) is 9.59 Å². The van der Waals surface area contributed by atoms with E-state index in [4.69, 9.17) is 0 Å². The lowest BCUT2D eigenvalue weighted by atomic mass is 10.1. The van der Waals surface area contributed by atoms with E-state index in [-0.39, 0.29) is 24.5 Å². The molecular weight excluding hydrogens is 292 g/mol. The Morgan fingerprint density at radius 2 is 2.13 bits per heavy atom. The molecule has 1 aromatic carbocycles. The lowest BCUT2D eigenvalue weighted by Crippen LogP contribution is -2.37. The number of hydrogen-bond acceptors (Lipinski definition) is 3. The van der Waals surface area contributed by atoms with Gasteiger partial charge in [-0.15, -0.1) is 0 Å². The Balaban J connectivity index is 2.09. The van der Waals surface area contributed by atoms with Crippen molar-refractivity contribution >= 4 is 17.5 Å². The van der Waals surface area contributed by atoms with E-state index in [1.165, 1.54) is 0 Å². The summed E-state index contributed by atoms with van der Waals surface area (Å²) in [5, 5.41) is 12.3. The topological polar surface area (TPSA) is 69.6 Å². The monoisotopic (exact) mass is 318 g/mol. The van der Waals surface area contributed by atoms with Gasteiger partial charge in [0.1, 0.15) is 0 Å². The summed E-state index contributed by atoms with van der Waals surface area (Å²) in [4.78, 5) is 26.2. The molecule has 0 bridgehead atoms. The van der Waals surface area contributed by atoms with Gasteiger partial charge in [-0.1, -0.05) is 13.8 Å². The molecule has 0 saturated carbocycles. The third-order valence-electron chi connectivity index (χ3n) is 4.19. The van der Waals surface area contributed by atoms with E-state index in [1.54, 1.807) is 23.1 Å². The molecule has 0 unspecified atom stereocenters. The number of aliphatic hydroxyl groups excluding tert-OH is 1. The summed E-state index contributed by atoms with van der Waals surface area (Å²) >= 11 is 0. The second-order valence-electron chi connectivity index (χ2n) is 6.65. The number of carbonyl (C=O) groups is 2. The summed E-state index contributed by atoms with van der Waals surface area (Å²) < 4.78 is 0. The van der Waals surface area contributed by atoms with Gasteiger partial charge in [0, 0.05) is 24.2 Å². The van der Waals surface area contributed by atoms with Gasteiger partial charge in [0.2, 0.25) is 5.91 Å². The number of aryl methyl sites for hydroxylation is 1. The number of nitrogens with one attached hydrogen (secondary N) is 1. The van der Waals surface area contributed by atoms with Crippen molar-refractivity contribution in [2.45, 2.75) is 46.1 Å². The van der Waals surface area contributed by atoms with Crippen molar-refractivity contribution in [1.82, 2.24) is 4.90 Å². The van der Waals surface area contributed by atoms with Crippen molar-refractivity contribution in [1.29, 1.82) is 0 Å². The van der Waals surface area contributed by atoms with E-state index in [2.05, 4.69) is 5.32 Å². The molecular formula is C18H26N2O3. The van der Waals surface area contributed by atoms with Crippen LogP contribution in [0, 0.1) is 12.8 Å². The van der Waals surface area contributed by atoms with E-state index < -0.39 is 0 Å². The van der Waals surface area contributed by atoms with Crippen molar-refractivity contribution in [3.8, 4) is 0 Å². The van der Waals surface area contributed by atoms with Crippen LogP contribution < -0.4 is 5.32 Å². The van der Waals surface area contributed by atoms with E-state index in [0.29, 0.717) is 24.4 Å². The number of carbonyl (C=O) groups excluding carboxylic acids is 2. The van der Waals surface area contributed by atoms with Gasteiger partial charge in [-0.2, -0.15) is 0 Å². The molecule has 0 radical (unpaired) electrons. The largest absolute Gasteiger partial charge is 0.394 e. The summed E-state index contributed by atoms with van der Waals surface area (Å²) in [5.41, 5.74) is 2.21. The number of likely N-dealkylation sites (tertiary alicyclic amines) is 1. The van der Waals surface area contributed by atoms with Gasteiger partial charge in [-0.25, -0.2) is 0 Å². The molecule has 1 fully saturated rings. The predicted octanol–water partition coefficient (Wildman–Crippen LogP) is 2.58. The smallest absolute Gasteiger partial charge is 0.254 e. The van der Waals surface area contributed by atoms with Crippen LogP contribution in [-0.2, 0) is 4.79 Å². The third kappa shape index (κ3) is 4.32. The van der Waals surface area contributed by atoms with E-state index in [1.807, 2.05) is 20.8 Å². The van der Waals surface area contributed by atoms with Gasteiger partial charge in [0.15, 0.2) is 0 Å². The maximum absolute atomic E-state index is 12.6. The first-order chi connectivity index (χ1) is 10.9. The normalized spacial score (nSPS) is 17.6. The Kier molecular flexibility index (Phi) is 5.77. The first-order valence-electron chi connectivity index (χ1n) is 8.24. The zero-order valence-corrected chi connectivity index (χ0v) is 14.1. The van der Waals surface area contributed by atoms with Crippen LogP contribution >= 0.6 is 0 Å². The van der Waals surface area contributed by atoms with Crippen LogP contribution in [0.15, 0.2) is 18.2 Å². The molecule has 5 nitrogen and oxygen atoms in total. The Bertz CT molecular complexity index is 584. The fourth-order valence-electron chi connectivity index (χ4n) is 2.97. The molecule has 5 heteroatoms. The predicted molar refractivity (Wildman–Crippen MR) is 90.4 cm³/mol. The summed E-state index contributed by atoms with van der Waals surface area (Å²) in [6.07, 6.45) is 2.26. The molecule has 1 aromatic rings. The van der Waals surface area contributed by atoms with Crippen LogP contribution in [-0.4, -0.2) is 41.0 Å². The average molecular weight is 318 g/mol. The zero-order valence-electron chi connectivity index (χ0n) is 14.1. The van der Waals surface area contributed by atoms with Crippen LogP contribution in [0.2, 0.25) is 0 Å².